The molecular weight excluding hydrogens is 356 g/mol. The number of Topliss-reactive ketones (excluding diaryl/α,β-unsaturated/α-hetero) is 1. The Balaban J connectivity index is 2.03. The Hall–Kier alpha value is -2.66. The third-order valence-corrected chi connectivity index (χ3v) is 4.98. The van der Waals surface area contributed by atoms with Gasteiger partial charge < -0.3 is 29.9 Å². The van der Waals surface area contributed by atoms with E-state index in [0.717, 1.165) is 6.07 Å². The van der Waals surface area contributed by atoms with E-state index in [4.69, 9.17) is 4.74 Å². The minimum Gasteiger partial charge on any atom is -0.394 e. The number of aliphatic hydroxyl groups is 3. The van der Waals surface area contributed by atoms with Gasteiger partial charge in [0.1, 0.15) is 29.4 Å². The lowest BCUT2D eigenvalue weighted by atomic mass is 9.96. The van der Waals surface area contributed by atoms with Gasteiger partial charge in [0, 0.05) is 23.2 Å². The smallest absolute Gasteiger partial charge is 0.272 e. The van der Waals surface area contributed by atoms with Crippen molar-refractivity contribution in [2.45, 2.75) is 37.9 Å². The molecule has 0 unspecified atom stereocenters. The summed E-state index contributed by atoms with van der Waals surface area (Å²) in [5.41, 5.74) is -2.15. The number of nitrogens with one attached hydrogen (secondary N) is 1. The second-order valence-corrected chi connectivity index (χ2v) is 6.84. The SMILES string of the molecule is CC(=O)c1cc(=O)nc2c3c(n([C@@H]4O[C@H](CO)[C@@H](O)[C@@]4(C)O)cc13)N=CN2. The zero-order chi connectivity index (χ0) is 19.5. The Bertz CT molecular complexity index is 1040. The average Bonchev–Trinajstić information content (AvgIpc) is 3.03. The van der Waals surface area contributed by atoms with Gasteiger partial charge in [0.15, 0.2) is 12.0 Å². The van der Waals surface area contributed by atoms with Crippen molar-refractivity contribution in [2.75, 3.05) is 11.9 Å². The fraction of sp³-hybridized carbons (Fsp3) is 0.412. The van der Waals surface area contributed by atoms with E-state index >= 15 is 0 Å². The van der Waals surface area contributed by atoms with Gasteiger partial charge in [-0.25, -0.2) is 4.99 Å². The van der Waals surface area contributed by atoms with E-state index in [1.54, 1.807) is 0 Å². The van der Waals surface area contributed by atoms with Crippen molar-refractivity contribution < 1.29 is 24.9 Å². The molecule has 4 N–H and O–H groups in total. The van der Waals surface area contributed by atoms with Crippen LogP contribution < -0.4 is 10.9 Å². The van der Waals surface area contributed by atoms with E-state index in [1.807, 2.05) is 0 Å². The number of carbonyl (C=O) groups excluding carboxylic acids is 1. The Labute approximate surface area is 152 Å². The zero-order valence-electron chi connectivity index (χ0n) is 14.6. The molecule has 4 rings (SSSR count). The van der Waals surface area contributed by atoms with Gasteiger partial charge in [-0.15, -0.1) is 0 Å². The number of hydrogen-bond acceptors (Lipinski definition) is 9. The summed E-state index contributed by atoms with van der Waals surface area (Å²) in [6, 6.07) is 1.15. The average molecular weight is 374 g/mol. The molecule has 0 aliphatic carbocycles. The molecule has 10 nitrogen and oxygen atoms in total. The van der Waals surface area contributed by atoms with Crippen LogP contribution in [0.15, 0.2) is 22.1 Å². The molecule has 27 heavy (non-hydrogen) atoms. The second kappa shape index (κ2) is 5.92. The number of rotatable bonds is 3. The van der Waals surface area contributed by atoms with Crippen LogP contribution in [-0.4, -0.2) is 61.4 Å². The molecule has 0 radical (unpaired) electrons. The predicted octanol–water partition coefficient (Wildman–Crippen LogP) is -0.314. The predicted molar refractivity (Wildman–Crippen MR) is 95.4 cm³/mol. The summed E-state index contributed by atoms with van der Waals surface area (Å²) in [5, 5.41) is 34.1. The van der Waals surface area contributed by atoms with E-state index in [1.165, 1.54) is 30.9 Å². The molecule has 0 spiro atoms. The molecule has 142 valence electrons. The largest absolute Gasteiger partial charge is 0.394 e. The first-order chi connectivity index (χ1) is 12.8. The highest BCUT2D eigenvalue weighted by molar-refractivity contribution is 6.14. The molecule has 1 fully saturated rings. The van der Waals surface area contributed by atoms with Crippen molar-refractivity contribution >= 4 is 34.5 Å². The summed E-state index contributed by atoms with van der Waals surface area (Å²) in [6.07, 6.45) is -0.529. The highest BCUT2D eigenvalue weighted by Crippen LogP contribution is 2.45. The first-order valence-corrected chi connectivity index (χ1v) is 8.32. The molecule has 2 aliphatic heterocycles. The van der Waals surface area contributed by atoms with Crippen LogP contribution in [0.2, 0.25) is 0 Å². The highest BCUT2D eigenvalue weighted by atomic mass is 16.6. The maximum Gasteiger partial charge on any atom is 0.272 e. The van der Waals surface area contributed by atoms with Crippen molar-refractivity contribution in [3.8, 4) is 0 Å². The molecule has 2 aliphatic rings. The number of aliphatic imine (C=N–C) groups is 1. The van der Waals surface area contributed by atoms with E-state index in [2.05, 4.69) is 15.3 Å². The van der Waals surface area contributed by atoms with Crippen LogP contribution in [0.25, 0.3) is 10.8 Å². The fourth-order valence-corrected chi connectivity index (χ4v) is 3.60. The first-order valence-electron chi connectivity index (χ1n) is 8.32. The van der Waals surface area contributed by atoms with Gasteiger partial charge in [0.25, 0.3) is 5.56 Å². The third kappa shape index (κ3) is 2.49. The quantitative estimate of drug-likeness (QED) is 0.535. The van der Waals surface area contributed by atoms with E-state index in [-0.39, 0.29) is 17.2 Å². The topological polar surface area (TPSA) is 146 Å². The van der Waals surface area contributed by atoms with Crippen LogP contribution in [0.3, 0.4) is 0 Å². The Kier molecular flexibility index (Phi) is 3.89. The first kappa shape index (κ1) is 17.7. The minimum atomic E-state index is -1.73. The number of aliphatic hydroxyl groups excluding tert-OH is 2. The van der Waals surface area contributed by atoms with Crippen LogP contribution in [-0.2, 0) is 4.74 Å². The van der Waals surface area contributed by atoms with Crippen LogP contribution in [0.5, 0.6) is 0 Å². The van der Waals surface area contributed by atoms with Crippen LogP contribution in [0.1, 0.15) is 30.4 Å². The molecule has 0 saturated carbocycles. The van der Waals surface area contributed by atoms with E-state index < -0.39 is 36.2 Å². The molecular formula is C17H18N4O6. The van der Waals surface area contributed by atoms with Crippen molar-refractivity contribution in [3.63, 3.8) is 0 Å². The number of carbonyl (C=O) groups is 1. The van der Waals surface area contributed by atoms with Crippen LogP contribution >= 0.6 is 0 Å². The van der Waals surface area contributed by atoms with Gasteiger partial charge in [-0.1, -0.05) is 0 Å². The molecule has 1 saturated heterocycles. The Morgan fingerprint density at radius 3 is 2.85 bits per heavy atom. The van der Waals surface area contributed by atoms with Crippen molar-refractivity contribution in [2.24, 2.45) is 4.99 Å². The van der Waals surface area contributed by atoms with Crippen molar-refractivity contribution in [3.05, 3.63) is 28.2 Å². The van der Waals surface area contributed by atoms with Gasteiger partial charge in [-0.2, -0.15) is 4.98 Å². The van der Waals surface area contributed by atoms with Crippen molar-refractivity contribution in [1.29, 1.82) is 0 Å². The summed E-state index contributed by atoms with van der Waals surface area (Å²) in [4.78, 5) is 32.3. The number of hydrogen-bond donors (Lipinski definition) is 4. The maximum atomic E-state index is 12.1. The van der Waals surface area contributed by atoms with Gasteiger partial charge in [0.2, 0.25) is 0 Å². The lowest BCUT2D eigenvalue weighted by molar-refractivity contribution is -0.0955. The molecule has 2 aromatic rings. The normalized spacial score (nSPS) is 29.1. The summed E-state index contributed by atoms with van der Waals surface area (Å²) < 4.78 is 7.13. The number of aromatic nitrogens is 2. The van der Waals surface area contributed by atoms with E-state index in [0.29, 0.717) is 16.6 Å². The molecule has 4 atom stereocenters. The number of nitrogens with zero attached hydrogens (tertiary/aromatic N) is 3. The summed E-state index contributed by atoms with van der Waals surface area (Å²) in [7, 11) is 0. The summed E-state index contributed by atoms with van der Waals surface area (Å²) in [6.45, 7) is 2.25. The zero-order valence-corrected chi connectivity index (χ0v) is 14.6. The number of anilines is 1. The number of ether oxygens (including phenoxy) is 1. The van der Waals surface area contributed by atoms with Crippen LogP contribution in [0, 0.1) is 0 Å². The lowest BCUT2D eigenvalue weighted by Gasteiger charge is -2.28. The fourth-order valence-electron chi connectivity index (χ4n) is 3.60. The lowest BCUT2D eigenvalue weighted by Crippen LogP contribution is -2.44. The second-order valence-electron chi connectivity index (χ2n) is 6.84. The van der Waals surface area contributed by atoms with Gasteiger partial charge >= 0.3 is 0 Å². The Morgan fingerprint density at radius 1 is 1.48 bits per heavy atom. The molecule has 0 aromatic carbocycles. The molecule has 2 aromatic heterocycles. The maximum absolute atomic E-state index is 12.1. The molecule has 0 bridgehead atoms. The van der Waals surface area contributed by atoms with Gasteiger partial charge in [-0.3, -0.25) is 9.59 Å². The third-order valence-electron chi connectivity index (χ3n) is 4.98. The Morgan fingerprint density at radius 2 is 2.22 bits per heavy atom. The highest BCUT2D eigenvalue weighted by Gasteiger charge is 2.53. The molecule has 10 heteroatoms. The monoisotopic (exact) mass is 374 g/mol. The minimum absolute atomic E-state index is 0.157. The van der Waals surface area contributed by atoms with E-state index in [9.17, 15) is 24.9 Å². The van der Waals surface area contributed by atoms with Crippen LogP contribution in [0.4, 0.5) is 11.6 Å². The standard InChI is InChI=1S/C17H18N4O6/c1-7(23)8-3-11(24)20-14-12-9(8)4-21(15(12)19-6-18-14)16-17(2,26)13(25)10(5-22)27-16/h3-4,6,10,13,16,22,25-26H,5H2,1-2H3,(H,18,19,20,24)/t10-,13-,16-,17-/m1/s1. The molecule has 0 amide bonds. The van der Waals surface area contributed by atoms with Gasteiger partial charge in [-0.05, 0) is 13.8 Å². The molecule has 4 heterocycles. The summed E-state index contributed by atoms with van der Waals surface area (Å²) >= 11 is 0. The number of ketones is 1. The van der Waals surface area contributed by atoms with Gasteiger partial charge in [0.05, 0.1) is 18.3 Å². The van der Waals surface area contributed by atoms with Crippen molar-refractivity contribution in [1.82, 2.24) is 9.55 Å². The summed E-state index contributed by atoms with van der Waals surface area (Å²) in [5.74, 6) is 0.199.